The van der Waals surface area contributed by atoms with E-state index in [-0.39, 0.29) is 0 Å². The van der Waals surface area contributed by atoms with Gasteiger partial charge in [-0.15, -0.1) is 0 Å². The topological polar surface area (TPSA) is 72.9 Å². The summed E-state index contributed by atoms with van der Waals surface area (Å²) < 4.78 is 35.1. The minimum atomic E-state index is -4.15. The summed E-state index contributed by atoms with van der Waals surface area (Å²) in [5, 5.41) is 0. The lowest BCUT2D eigenvalue weighted by molar-refractivity contribution is 0.0347. The van der Waals surface area contributed by atoms with Gasteiger partial charge in [0.15, 0.2) is 0 Å². The van der Waals surface area contributed by atoms with Crippen molar-refractivity contribution in [3.8, 4) is 0 Å². The molecule has 1 aliphatic rings. The Bertz CT molecular complexity index is 621. The van der Waals surface area contributed by atoms with Crippen LogP contribution in [0.2, 0.25) is 0 Å². The predicted octanol–water partition coefficient (Wildman–Crippen LogP) is 2.63. The molecule has 1 aliphatic heterocycles. The molecule has 7 heteroatoms. The molecule has 2 rings (SSSR count). The first-order valence-corrected chi connectivity index (χ1v) is 7.99. The van der Waals surface area contributed by atoms with E-state index in [0.717, 1.165) is 0 Å². The first-order valence-electron chi connectivity index (χ1n) is 6.62. The van der Waals surface area contributed by atoms with Crippen molar-refractivity contribution in [2.24, 2.45) is 0 Å². The Morgan fingerprint density at radius 1 is 1.24 bits per heavy atom. The van der Waals surface area contributed by atoms with Crippen LogP contribution in [0, 0.1) is 0 Å². The molecule has 1 saturated heterocycles. The molecule has 0 radical (unpaired) electrons. The van der Waals surface area contributed by atoms with Crippen LogP contribution < -0.4 is 0 Å². The number of ether oxygens (including phenoxy) is 1. The first kappa shape index (κ1) is 15.8. The van der Waals surface area contributed by atoms with Crippen molar-refractivity contribution in [3.05, 3.63) is 35.9 Å². The summed E-state index contributed by atoms with van der Waals surface area (Å²) in [5.74, 6) is 0. The molecule has 0 bridgehead atoms. The van der Waals surface area contributed by atoms with Gasteiger partial charge >= 0.3 is 16.4 Å². The second-order valence-corrected chi connectivity index (χ2v) is 7.34. The maximum absolute atomic E-state index is 12.1. The van der Waals surface area contributed by atoms with Gasteiger partial charge in [0.2, 0.25) is 0 Å². The molecule has 1 aromatic carbocycles. The molecule has 0 N–H and O–H groups in total. The Labute approximate surface area is 124 Å². The van der Waals surface area contributed by atoms with Crippen LogP contribution in [0.4, 0.5) is 4.79 Å². The highest BCUT2D eigenvalue weighted by Crippen LogP contribution is 2.36. The lowest BCUT2D eigenvalue weighted by Crippen LogP contribution is -2.41. The molecule has 6 nitrogen and oxygen atoms in total. The van der Waals surface area contributed by atoms with Crippen LogP contribution in [0.25, 0.3) is 0 Å². The van der Waals surface area contributed by atoms with E-state index in [4.69, 9.17) is 8.92 Å². The lowest BCUT2D eigenvalue weighted by Gasteiger charge is -2.25. The van der Waals surface area contributed by atoms with Gasteiger partial charge < -0.3 is 4.74 Å². The zero-order valence-corrected chi connectivity index (χ0v) is 13.3. The third-order valence-corrected chi connectivity index (χ3v) is 4.39. The highest BCUT2D eigenvalue weighted by atomic mass is 32.2. The fraction of sp³-hybridized carbons (Fsp3) is 0.500. The number of hydrogen-bond donors (Lipinski definition) is 0. The van der Waals surface area contributed by atoms with Crippen molar-refractivity contribution in [1.29, 1.82) is 0 Å². The summed E-state index contributed by atoms with van der Waals surface area (Å²) in [4.78, 5) is 12.1. The number of nitrogens with zero attached hydrogens (tertiary/aromatic N) is 1. The van der Waals surface area contributed by atoms with Gasteiger partial charge in [-0.1, -0.05) is 30.3 Å². The van der Waals surface area contributed by atoms with E-state index >= 15 is 0 Å². The molecule has 2 unspecified atom stereocenters. The molecule has 116 valence electrons. The quantitative estimate of drug-likeness (QED) is 0.797. The van der Waals surface area contributed by atoms with E-state index in [9.17, 15) is 13.2 Å². The van der Waals surface area contributed by atoms with E-state index < -0.39 is 34.1 Å². The van der Waals surface area contributed by atoms with Gasteiger partial charge in [0.1, 0.15) is 11.7 Å². The van der Waals surface area contributed by atoms with Crippen molar-refractivity contribution < 1.29 is 22.1 Å². The predicted molar refractivity (Wildman–Crippen MR) is 76.7 cm³/mol. The molecule has 0 aliphatic carbocycles. The second kappa shape index (κ2) is 5.31. The van der Waals surface area contributed by atoms with E-state index in [2.05, 4.69) is 0 Å². The molecule has 2 atom stereocenters. The Hall–Kier alpha value is -1.60. The van der Waals surface area contributed by atoms with Crippen molar-refractivity contribution in [2.75, 3.05) is 0 Å². The smallest absolute Gasteiger partial charge is 0.426 e. The van der Waals surface area contributed by atoms with Crippen LogP contribution in [-0.4, -0.2) is 30.5 Å². The molecular formula is C14H19NO5S. The maximum Gasteiger partial charge on any atom is 0.426 e. The zero-order valence-electron chi connectivity index (χ0n) is 12.4. The fourth-order valence-electron chi connectivity index (χ4n) is 2.13. The van der Waals surface area contributed by atoms with Gasteiger partial charge in [-0.3, -0.25) is 0 Å². The van der Waals surface area contributed by atoms with Crippen molar-refractivity contribution in [3.63, 3.8) is 0 Å². The third kappa shape index (κ3) is 3.36. The number of rotatable bonds is 1. The maximum atomic E-state index is 12.1. The van der Waals surface area contributed by atoms with Crippen LogP contribution in [0.5, 0.6) is 0 Å². The van der Waals surface area contributed by atoms with Crippen LogP contribution in [0.3, 0.4) is 0 Å². The Morgan fingerprint density at radius 2 is 1.81 bits per heavy atom. The molecule has 1 heterocycles. The first-order chi connectivity index (χ1) is 9.62. The monoisotopic (exact) mass is 313 g/mol. The molecule has 21 heavy (non-hydrogen) atoms. The SMILES string of the molecule is CC1C(c2ccccc2)OS(=O)(=O)N1C(=O)OC(C)(C)C. The van der Waals surface area contributed by atoms with Crippen molar-refractivity contribution >= 4 is 16.4 Å². The van der Waals surface area contributed by atoms with Gasteiger partial charge in [0, 0.05) is 0 Å². The Kier molecular flexibility index (Phi) is 3.99. The summed E-state index contributed by atoms with van der Waals surface area (Å²) in [6.45, 7) is 6.64. The van der Waals surface area contributed by atoms with Gasteiger partial charge in [-0.2, -0.15) is 12.7 Å². The number of amides is 1. The van der Waals surface area contributed by atoms with Gasteiger partial charge in [-0.05, 0) is 33.3 Å². The van der Waals surface area contributed by atoms with Crippen LogP contribution in [-0.2, 0) is 19.2 Å². The second-order valence-electron chi connectivity index (χ2n) is 5.90. The highest BCUT2D eigenvalue weighted by molar-refractivity contribution is 7.85. The van der Waals surface area contributed by atoms with Crippen LogP contribution >= 0.6 is 0 Å². The standard InChI is InChI=1S/C14H19NO5S/c1-10-12(11-8-6-5-7-9-11)20-21(17,18)15(10)13(16)19-14(2,3)4/h5-10,12H,1-4H3. The number of carbonyl (C=O) groups is 1. The van der Waals surface area contributed by atoms with E-state index in [1.54, 1.807) is 52.0 Å². The van der Waals surface area contributed by atoms with Gasteiger partial charge in [-0.25, -0.2) is 8.98 Å². The van der Waals surface area contributed by atoms with E-state index in [1.165, 1.54) is 0 Å². The van der Waals surface area contributed by atoms with Gasteiger partial charge in [0.25, 0.3) is 0 Å². The zero-order chi connectivity index (χ0) is 15.8. The lowest BCUT2D eigenvalue weighted by atomic mass is 10.0. The molecule has 1 amide bonds. The summed E-state index contributed by atoms with van der Waals surface area (Å²) in [6.07, 6.45) is -1.66. The number of benzene rings is 1. The summed E-state index contributed by atoms with van der Waals surface area (Å²) in [7, 11) is -4.15. The van der Waals surface area contributed by atoms with Crippen LogP contribution in [0.1, 0.15) is 39.4 Å². The molecule has 0 saturated carbocycles. The van der Waals surface area contributed by atoms with Gasteiger partial charge in [0.05, 0.1) is 6.04 Å². The minimum Gasteiger partial charge on any atom is -0.443 e. The Morgan fingerprint density at radius 3 is 2.33 bits per heavy atom. The fourth-order valence-corrected chi connectivity index (χ4v) is 3.49. The Balaban J connectivity index is 2.29. The van der Waals surface area contributed by atoms with E-state index in [0.29, 0.717) is 9.87 Å². The highest BCUT2D eigenvalue weighted by Gasteiger charge is 2.49. The largest absolute Gasteiger partial charge is 0.443 e. The molecule has 1 fully saturated rings. The summed E-state index contributed by atoms with van der Waals surface area (Å²) in [6, 6.07) is 8.24. The summed E-state index contributed by atoms with van der Waals surface area (Å²) >= 11 is 0. The third-order valence-electron chi connectivity index (χ3n) is 2.98. The molecule has 1 aromatic rings. The molecule has 0 aromatic heterocycles. The van der Waals surface area contributed by atoms with Crippen molar-refractivity contribution in [1.82, 2.24) is 4.31 Å². The average molecular weight is 313 g/mol. The molecular weight excluding hydrogens is 294 g/mol. The molecule has 0 spiro atoms. The number of hydrogen-bond acceptors (Lipinski definition) is 5. The average Bonchev–Trinajstić information content (AvgIpc) is 2.58. The summed E-state index contributed by atoms with van der Waals surface area (Å²) in [5.41, 5.74) is -0.0865. The van der Waals surface area contributed by atoms with Crippen molar-refractivity contribution in [2.45, 2.75) is 45.4 Å². The van der Waals surface area contributed by atoms with E-state index in [1.807, 2.05) is 6.07 Å². The minimum absolute atomic E-state index is 0.663. The number of carbonyl (C=O) groups excluding carboxylic acids is 1. The van der Waals surface area contributed by atoms with Crippen LogP contribution in [0.15, 0.2) is 30.3 Å². The normalized spacial score (nSPS) is 24.9.